The highest BCUT2D eigenvalue weighted by Crippen LogP contribution is 2.20. The molecular formula is C11H10ClN3O3. The van der Waals surface area contributed by atoms with Gasteiger partial charge in [-0.15, -0.1) is 0 Å². The van der Waals surface area contributed by atoms with Gasteiger partial charge in [0.1, 0.15) is 18.0 Å². The zero-order valence-corrected chi connectivity index (χ0v) is 10.3. The Bertz CT molecular complexity index is 583. The summed E-state index contributed by atoms with van der Waals surface area (Å²) in [6.07, 6.45) is 0. The summed E-state index contributed by atoms with van der Waals surface area (Å²) in [5.74, 6) is -0.513. The summed E-state index contributed by atoms with van der Waals surface area (Å²) in [4.78, 5) is 11.7. The minimum atomic E-state index is -0.513. The number of esters is 1. The molecule has 0 aliphatic rings. The van der Waals surface area contributed by atoms with Gasteiger partial charge in [-0.2, -0.15) is 0 Å². The molecule has 1 aromatic heterocycles. The number of aryl methyl sites for hydroxylation is 1. The molecule has 0 amide bonds. The van der Waals surface area contributed by atoms with E-state index in [0.717, 1.165) is 0 Å². The minimum Gasteiger partial charge on any atom is -0.455 e. The second-order valence-electron chi connectivity index (χ2n) is 3.61. The van der Waals surface area contributed by atoms with Gasteiger partial charge in [-0.25, -0.2) is 9.42 Å². The second kappa shape index (κ2) is 5.05. The molecule has 0 aliphatic carbocycles. The van der Waals surface area contributed by atoms with Gasteiger partial charge in [-0.05, 0) is 25.1 Å². The lowest BCUT2D eigenvalue weighted by Gasteiger charge is -2.04. The molecule has 0 saturated carbocycles. The molecule has 94 valence electrons. The van der Waals surface area contributed by atoms with Crippen LogP contribution in [0.4, 0.5) is 5.69 Å². The van der Waals surface area contributed by atoms with Gasteiger partial charge in [0, 0.05) is 0 Å². The van der Waals surface area contributed by atoms with Crippen LogP contribution in [0.5, 0.6) is 0 Å². The average molecular weight is 268 g/mol. The molecule has 0 aliphatic heterocycles. The number of carbonyl (C=O) groups is 1. The summed E-state index contributed by atoms with van der Waals surface area (Å²) < 4.78 is 9.54. The van der Waals surface area contributed by atoms with Crippen molar-refractivity contribution in [1.29, 1.82) is 0 Å². The number of nitrogens with two attached hydrogens (primary N) is 1. The standard InChI is InChI=1S/C11H10ClN3O3/c1-6-10(15-18-14-6)5-17-11(16)7-2-3-8(12)9(13)4-7/h2-4H,5,13H2,1H3. The van der Waals surface area contributed by atoms with Crippen LogP contribution in [-0.4, -0.2) is 16.3 Å². The summed E-state index contributed by atoms with van der Waals surface area (Å²) in [6, 6.07) is 4.53. The third kappa shape index (κ3) is 2.60. The number of hydrogen-bond acceptors (Lipinski definition) is 6. The van der Waals surface area contributed by atoms with Gasteiger partial charge in [0.15, 0.2) is 0 Å². The van der Waals surface area contributed by atoms with Crippen LogP contribution >= 0.6 is 11.6 Å². The van der Waals surface area contributed by atoms with Gasteiger partial charge in [-0.3, -0.25) is 0 Å². The molecule has 2 N–H and O–H groups in total. The van der Waals surface area contributed by atoms with E-state index in [4.69, 9.17) is 22.1 Å². The van der Waals surface area contributed by atoms with E-state index < -0.39 is 5.97 Å². The summed E-state index contributed by atoms with van der Waals surface area (Å²) >= 11 is 5.76. The van der Waals surface area contributed by atoms with Crippen molar-refractivity contribution in [2.45, 2.75) is 13.5 Å². The average Bonchev–Trinajstić information content (AvgIpc) is 2.75. The van der Waals surface area contributed by atoms with Gasteiger partial charge < -0.3 is 10.5 Å². The first-order chi connectivity index (χ1) is 8.58. The highest BCUT2D eigenvalue weighted by molar-refractivity contribution is 6.33. The van der Waals surface area contributed by atoms with Crippen LogP contribution in [-0.2, 0) is 11.3 Å². The third-order valence-electron chi connectivity index (χ3n) is 2.32. The van der Waals surface area contributed by atoms with Crippen molar-refractivity contribution in [2.24, 2.45) is 0 Å². The molecule has 18 heavy (non-hydrogen) atoms. The van der Waals surface area contributed by atoms with E-state index >= 15 is 0 Å². The SMILES string of the molecule is Cc1nonc1COC(=O)c1ccc(Cl)c(N)c1. The maximum absolute atomic E-state index is 11.7. The fraction of sp³-hybridized carbons (Fsp3) is 0.182. The minimum absolute atomic E-state index is 0.00328. The van der Waals surface area contributed by atoms with Crippen molar-refractivity contribution in [3.63, 3.8) is 0 Å². The van der Waals surface area contributed by atoms with Gasteiger partial charge in [0.25, 0.3) is 0 Å². The molecule has 6 nitrogen and oxygen atoms in total. The lowest BCUT2D eigenvalue weighted by molar-refractivity contribution is 0.0463. The lowest BCUT2D eigenvalue weighted by Crippen LogP contribution is -2.06. The smallest absolute Gasteiger partial charge is 0.338 e. The molecule has 0 unspecified atom stereocenters. The molecule has 0 bridgehead atoms. The largest absolute Gasteiger partial charge is 0.455 e. The molecule has 7 heteroatoms. The molecule has 1 aromatic carbocycles. The van der Waals surface area contributed by atoms with Crippen molar-refractivity contribution in [3.05, 3.63) is 40.2 Å². The van der Waals surface area contributed by atoms with Crippen molar-refractivity contribution >= 4 is 23.3 Å². The van der Waals surface area contributed by atoms with Crippen LogP contribution in [0.25, 0.3) is 0 Å². The Kier molecular flexibility index (Phi) is 3.47. The molecule has 0 radical (unpaired) electrons. The first-order valence-corrected chi connectivity index (χ1v) is 5.46. The molecule has 1 heterocycles. The van der Waals surface area contributed by atoms with E-state index in [1.165, 1.54) is 18.2 Å². The van der Waals surface area contributed by atoms with Crippen molar-refractivity contribution < 1.29 is 14.2 Å². The number of ether oxygens (including phenoxy) is 1. The van der Waals surface area contributed by atoms with Gasteiger partial charge in [0.2, 0.25) is 0 Å². The molecule has 0 spiro atoms. The lowest BCUT2D eigenvalue weighted by atomic mass is 10.2. The maximum atomic E-state index is 11.7. The topological polar surface area (TPSA) is 91.2 Å². The van der Waals surface area contributed by atoms with Crippen LogP contribution in [0, 0.1) is 6.92 Å². The number of nitrogens with zero attached hydrogens (tertiary/aromatic N) is 2. The Balaban J connectivity index is 2.04. The highest BCUT2D eigenvalue weighted by atomic mass is 35.5. The summed E-state index contributed by atoms with van der Waals surface area (Å²) in [6.45, 7) is 1.71. The van der Waals surface area contributed by atoms with Crippen LogP contribution in [0.15, 0.2) is 22.8 Å². The van der Waals surface area contributed by atoms with Gasteiger partial charge in [-0.1, -0.05) is 21.9 Å². The molecule has 2 rings (SSSR count). The van der Waals surface area contributed by atoms with Crippen molar-refractivity contribution in [1.82, 2.24) is 10.3 Å². The molecule has 0 atom stereocenters. The maximum Gasteiger partial charge on any atom is 0.338 e. The number of nitrogen functional groups attached to an aromatic ring is 1. The quantitative estimate of drug-likeness (QED) is 0.675. The monoisotopic (exact) mass is 267 g/mol. The van der Waals surface area contributed by atoms with E-state index in [0.29, 0.717) is 27.7 Å². The Labute approximate surface area is 108 Å². The zero-order chi connectivity index (χ0) is 13.1. The van der Waals surface area contributed by atoms with E-state index in [-0.39, 0.29) is 6.61 Å². The first-order valence-electron chi connectivity index (χ1n) is 5.08. The number of carbonyl (C=O) groups excluding carboxylic acids is 1. The fourth-order valence-electron chi connectivity index (χ4n) is 1.27. The first kappa shape index (κ1) is 12.4. The fourth-order valence-corrected chi connectivity index (χ4v) is 1.39. The predicted molar refractivity (Wildman–Crippen MR) is 64.0 cm³/mol. The molecule has 0 fully saturated rings. The number of rotatable bonds is 3. The summed E-state index contributed by atoms with van der Waals surface area (Å²) in [7, 11) is 0. The normalized spacial score (nSPS) is 10.3. The van der Waals surface area contributed by atoms with E-state index in [1.54, 1.807) is 6.92 Å². The zero-order valence-electron chi connectivity index (χ0n) is 9.51. The number of aromatic nitrogens is 2. The summed E-state index contributed by atoms with van der Waals surface area (Å²) in [5.41, 5.74) is 7.30. The summed E-state index contributed by atoms with van der Waals surface area (Å²) in [5, 5.41) is 7.57. The van der Waals surface area contributed by atoms with Gasteiger partial charge in [0.05, 0.1) is 16.3 Å². The van der Waals surface area contributed by atoms with E-state index in [9.17, 15) is 4.79 Å². The number of halogens is 1. The number of benzene rings is 1. The Morgan fingerprint density at radius 1 is 1.50 bits per heavy atom. The third-order valence-corrected chi connectivity index (χ3v) is 2.66. The van der Waals surface area contributed by atoms with Crippen LogP contribution < -0.4 is 5.73 Å². The Morgan fingerprint density at radius 3 is 2.89 bits per heavy atom. The molecule has 2 aromatic rings. The van der Waals surface area contributed by atoms with E-state index in [2.05, 4.69) is 14.9 Å². The molecule has 0 saturated heterocycles. The van der Waals surface area contributed by atoms with Crippen molar-refractivity contribution in [2.75, 3.05) is 5.73 Å². The van der Waals surface area contributed by atoms with Gasteiger partial charge >= 0.3 is 5.97 Å². The number of hydrogen-bond donors (Lipinski definition) is 1. The van der Waals surface area contributed by atoms with Crippen LogP contribution in [0.3, 0.4) is 0 Å². The van der Waals surface area contributed by atoms with Crippen molar-refractivity contribution in [3.8, 4) is 0 Å². The van der Waals surface area contributed by atoms with Crippen LogP contribution in [0.2, 0.25) is 5.02 Å². The number of anilines is 1. The molecular weight excluding hydrogens is 258 g/mol. The van der Waals surface area contributed by atoms with E-state index in [1.807, 2.05) is 0 Å². The highest BCUT2D eigenvalue weighted by Gasteiger charge is 2.12. The van der Waals surface area contributed by atoms with Crippen LogP contribution in [0.1, 0.15) is 21.7 Å². The Hall–Kier alpha value is -2.08. The predicted octanol–water partition coefficient (Wildman–Crippen LogP) is 1.97. The Morgan fingerprint density at radius 2 is 2.28 bits per heavy atom. The second-order valence-corrected chi connectivity index (χ2v) is 4.02.